The van der Waals surface area contributed by atoms with Gasteiger partial charge in [0.25, 0.3) is 0 Å². The molecule has 22 heavy (non-hydrogen) atoms. The highest BCUT2D eigenvalue weighted by Crippen LogP contribution is 2.30. The molecule has 2 aromatic carbocycles. The number of fused-ring (bicyclic) bond motifs is 2. The van der Waals surface area contributed by atoms with Crippen molar-refractivity contribution in [3.05, 3.63) is 52.5 Å². The summed E-state index contributed by atoms with van der Waals surface area (Å²) in [6.45, 7) is 0.920. The van der Waals surface area contributed by atoms with Crippen LogP contribution in [0.3, 0.4) is 0 Å². The first-order chi connectivity index (χ1) is 10.8. The molecule has 0 N–H and O–H groups in total. The van der Waals surface area contributed by atoms with E-state index in [9.17, 15) is 0 Å². The lowest BCUT2D eigenvalue weighted by molar-refractivity contribution is 0.803. The summed E-state index contributed by atoms with van der Waals surface area (Å²) in [5, 5.41) is 0. The molecule has 0 saturated heterocycles. The molecule has 110 valence electrons. The second kappa shape index (κ2) is 6.12. The van der Waals surface area contributed by atoms with Crippen LogP contribution in [0.15, 0.2) is 52.9 Å². The fourth-order valence-electron chi connectivity index (χ4n) is 2.36. The Bertz CT molecular complexity index is 963. The third kappa shape index (κ3) is 2.72. The molecular formula is C16H12N2S4. The Morgan fingerprint density at radius 3 is 2.64 bits per heavy atom. The van der Waals surface area contributed by atoms with Crippen LogP contribution < -0.4 is 0 Å². The topological polar surface area (TPSA) is 17.8 Å². The highest BCUT2D eigenvalue weighted by atomic mass is 32.2. The lowest BCUT2D eigenvalue weighted by atomic mass is 10.3. The molecule has 0 bridgehead atoms. The first-order valence-corrected chi connectivity index (χ1v) is 9.91. The van der Waals surface area contributed by atoms with Gasteiger partial charge in [0, 0.05) is 12.3 Å². The monoisotopic (exact) mass is 360 g/mol. The number of nitrogens with zero attached hydrogens (tertiary/aromatic N) is 2. The summed E-state index contributed by atoms with van der Waals surface area (Å²) >= 11 is 10.7. The molecule has 0 aliphatic heterocycles. The van der Waals surface area contributed by atoms with E-state index in [-0.39, 0.29) is 0 Å². The highest BCUT2D eigenvalue weighted by molar-refractivity contribution is 8.01. The third-order valence-electron chi connectivity index (χ3n) is 3.39. The van der Waals surface area contributed by atoms with Crippen LogP contribution in [0.1, 0.15) is 0 Å². The Labute approximate surface area is 145 Å². The number of aromatic nitrogens is 2. The molecule has 0 amide bonds. The zero-order chi connectivity index (χ0) is 14.9. The van der Waals surface area contributed by atoms with Crippen LogP contribution >= 0.6 is 46.7 Å². The van der Waals surface area contributed by atoms with Gasteiger partial charge in [-0.15, -0.1) is 22.7 Å². The maximum Gasteiger partial charge on any atom is 0.162 e. The molecule has 2 aromatic heterocycles. The number of hydrogen-bond acceptors (Lipinski definition) is 5. The van der Waals surface area contributed by atoms with Crippen molar-refractivity contribution in [3.63, 3.8) is 0 Å². The van der Waals surface area contributed by atoms with Gasteiger partial charge < -0.3 is 4.57 Å². The SMILES string of the molecule is S=c1sc2ccccc2n1CCSc1nc2ccccc2s1. The average Bonchev–Trinajstić information content (AvgIpc) is 3.08. The van der Waals surface area contributed by atoms with Crippen LogP contribution in [0.2, 0.25) is 0 Å². The Morgan fingerprint density at radius 1 is 1.00 bits per heavy atom. The first kappa shape index (κ1) is 14.4. The van der Waals surface area contributed by atoms with Gasteiger partial charge in [-0.05, 0) is 36.5 Å². The normalized spacial score (nSPS) is 11.5. The fraction of sp³-hybridized carbons (Fsp3) is 0.125. The molecule has 0 spiro atoms. The number of thioether (sulfide) groups is 1. The number of thiazole rings is 2. The van der Waals surface area contributed by atoms with Crippen molar-refractivity contribution < 1.29 is 0 Å². The summed E-state index contributed by atoms with van der Waals surface area (Å²) < 4.78 is 6.83. The Hall–Kier alpha value is -1.21. The fourth-order valence-corrected chi connectivity index (χ4v) is 5.80. The van der Waals surface area contributed by atoms with Gasteiger partial charge in [-0.25, -0.2) is 4.98 Å². The van der Waals surface area contributed by atoms with E-state index in [0.717, 1.165) is 26.1 Å². The minimum Gasteiger partial charge on any atom is -0.322 e. The second-order valence-corrected chi connectivity index (χ2v) is 8.83. The van der Waals surface area contributed by atoms with Gasteiger partial charge in [-0.2, -0.15) is 0 Å². The molecule has 0 aliphatic carbocycles. The second-order valence-electron chi connectivity index (χ2n) is 4.78. The van der Waals surface area contributed by atoms with E-state index in [1.54, 1.807) is 34.4 Å². The summed E-state index contributed by atoms with van der Waals surface area (Å²) in [4.78, 5) is 4.67. The van der Waals surface area contributed by atoms with E-state index < -0.39 is 0 Å². The summed E-state index contributed by atoms with van der Waals surface area (Å²) in [7, 11) is 0. The first-order valence-electron chi connectivity index (χ1n) is 6.88. The summed E-state index contributed by atoms with van der Waals surface area (Å²) in [5.41, 5.74) is 2.33. The standard InChI is InChI=1S/C16H12N2S4/c19-16-18(12-6-2-4-8-14(12)22-16)9-10-20-15-17-11-5-1-3-7-13(11)21-15/h1-8H,9-10H2. The van der Waals surface area contributed by atoms with E-state index in [4.69, 9.17) is 12.2 Å². The lowest BCUT2D eigenvalue weighted by Gasteiger charge is -2.03. The van der Waals surface area contributed by atoms with Gasteiger partial charge in [0.05, 0.1) is 20.4 Å². The van der Waals surface area contributed by atoms with E-state index in [2.05, 4.69) is 52.0 Å². The van der Waals surface area contributed by atoms with Crippen molar-refractivity contribution in [3.8, 4) is 0 Å². The molecule has 6 heteroatoms. The van der Waals surface area contributed by atoms with Crippen LogP contribution in [0.4, 0.5) is 0 Å². The van der Waals surface area contributed by atoms with E-state index in [1.165, 1.54) is 14.9 Å². The van der Waals surface area contributed by atoms with Crippen molar-refractivity contribution in [2.45, 2.75) is 10.9 Å². The molecule has 2 nitrogen and oxygen atoms in total. The Balaban J connectivity index is 1.52. The minimum atomic E-state index is 0.920. The largest absolute Gasteiger partial charge is 0.322 e. The van der Waals surface area contributed by atoms with Gasteiger partial charge in [-0.1, -0.05) is 36.0 Å². The van der Waals surface area contributed by atoms with E-state index in [0.29, 0.717) is 0 Å². The van der Waals surface area contributed by atoms with E-state index in [1.807, 2.05) is 6.07 Å². The van der Waals surface area contributed by atoms with Gasteiger partial charge >= 0.3 is 0 Å². The molecule has 0 unspecified atom stereocenters. The minimum absolute atomic E-state index is 0.920. The van der Waals surface area contributed by atoms with Gasteiger partial charge in [0.15, 0.2) is 8.29 Å². The maximum absolute atomic E-state index is 5.49. The van der Waals surface area contributed by atoms with Crippen molar-refractivity contribution >= 4 is 67.1 Å². The van der Waals surface area contributed by atoms with Gasteiger partial charge in [-0.3, -0.25) is 0 Å². The summed E-state index contributed by atoms with van der Waals surface area (Å²) in [5.74, 6) is 0.981. The highest BCUT2D eigenvalue weighted by Gasteiger charge is 2.06. The maximum atomic E-state index is 5.49. The van der Waals surface area contributed by atoms with Gasteiger partial charge in [0.1, 0.15) is 0 Å². The lowest BCUT2D eigenvalue weighted by Crippen LogP contribution is -1.99. The molecule has 0 saturated carbocycles. The van der Waals surface area contributed by atoms with Crippen LogP contribution in [0.5, 0.6) is 0 Å². The Kier molecular flexibility index (Phi) is 4.00. The number of aryl methyl sites for hydroxylation is 1. The van der Waals surface area contributed by atoms with Crippen molar-refractivity contribution in [1.29, 1.82) is 0 Å². The average molecular weight is 361 g/mol. The third-order valence-corrected chi connectivity index (χ3v) is 6.98. The summed E-state index contributed by atoms with van der Waals surface area (Å²) in [6, 6.07) is 16.7. The van der Waals surface area contributed by atoms with E-state index >= 15 is 0 Å². The predicted molar refractivity (Wildman–Crippen MR) is 101 cm³/mol. The predicted octanol–water partition coefficient (Wildman–Crippen LogP) is 5.83. The van der Waals surface area contributed by atoms with Crippen LogP contribution in [-0.4, -0.2) is 15.3 Å². The molecule has 0 fully saturated rings. The Morgan fingerprint density at radius 2 is 1.77 bits per heavy atom. The molecule has 2 heterocycles. The molecule has 0 aliphatic rings. The van der Waals surface area contributed by atoms with Crippen LogP contribution in [-0.2, 0) is 6.54 Å². The molecule has 4 rings (SSSR count). The molecule has 0 radical (unpaired) electrons. The van der Waals surface area contributed by atoms with Crippen LogP contribution in [0.25, 0.3) is 20.4 Å². The number of hydrogen-bond donors (Lipinski definition) is 0. The smallest absolute Gasteiger partial charge is 0.162 e. The quantitative estimate of drug-likeness (QED) is 0.337. The zero-order valence-electron chi connectivity index (χ0n) is 11.6. The number of para-hydroxylation sites is 2. The zero-order valence-corrected chi connectivity index (χ0v) is 14.8. The molecule has 4 aromatic rings. The van der Waals surface area contributed by atoms with Crippen LogP contribution in [0, 0.1) is 3.95 Å². The van der Waals surface area contributed by atoms with Crippen molar-refractivity contribution in [1.82, 2.24) is 9.55 Å². The molecule has 0 atom stereocenters. The number of benzene rings is 2. The molecular weight excluding hydrogens is 348 g/mol. The van der Waals surface area contributed by atoms with Crippen molar-refractivity contribution in [2.24, 2.45) is 0 Å². The summed E-state index contributed by atoms with van der Waals surface area (Å²) in [6.07, 6.45) is 0. The van der Waals surface area contributed by atoms with Gasteiger partial charge in [0.2, 0.25) is 0 Å². The number of rotatable bonds is 4. The van der Waals surface area contributed by atoms with Crippen molar-refractivity contribution in [2.75, 3.05) is 5.75 Å².